The van der Waals surface area contributed by atoms with Crippen molar-refractivity contribution in [3.63, 3.8) is 0 Å². The first kappa shape index (κ1) is 20.0. The second-order valence-corrected chi connectivity index (χ2v) is 8.55. The topological polar surface area (TPSA) is 64.0 Å². The molecule has 1 atom stereocenters. The van der Waals surface area contributed by atoms with Gasteiger partial charge in [-0.3, -0.25) is 9.59 Å². The standard InChI is InChI=1S/C24H23N3O2S/c1-15(2)16-10-12-17(13-11-16)21(20-9-6-14-30-20)25-23(28)22-18-7-4-5-8-19(18)24(29)27(3)26-22/h4-15,21H,1-3H3,(H,25,28)/t21-/m1/s1. The normalized spacial score (nSPS) is 12.3. The van der Waals surface area contributed by atoms with Crippen LogP contribution in [-0.4, -0.2) is 15.7 Å². The average molecular weight is 418 g/mol. The minimum absolute atomic E-state index is 0.221. The number of rotatable bonds is 5. The number of amides is 1. The Morgan fingerprint density at radius 2 is 1.63 bits per heavy atom. The van der Waals surface area contributed by atoms with Crippen LogP contribution in [0.25, 0.3) is 10.8 Å². The Kier molecular flexibility index (Phi) is 5.50. The molecular weight excluding hydrogens is 394 g/mol. The van der Waals surface area contributed by atoms with Crippen molar-refractivity contribution in [2.45, 2.75) is 25.8 Å². The van der Waals surface area contributed by atoms with Crippen molar-refractivity contribution in [3.8, 4) is 0 Å². The Morgan fingerprint density at radius 1 is 0.967 bits per heavy atom. The molecule has 0 saturated carbocycles. The van der Waals surface area contributed by atoms with E-state index < -0.39 is 0 Å². The van der Waals surface area contributed by atoms with E-state index in [9.17, 15) is 9.59 Å². The van der Waals surface area contributed by atoms with Crippen molar-refractivity contribution in [3.05, 3.63) is 98.1 Å². The van der Waals surface area contributed by atoms with Crippen LogP contribution in [0.2, 0.25) is 0 Å². The smallest absolute Gasteiger partial charge is 0.274 e. The van der Waals surface area contributed by atoms with Gasteiger partial charge in [-0.2, -0.15) is 5.10 Å². The number of nitrogens with zero attached hydrogens (tertiary/aromatic N) is 2. The van der Waals surface area contributed by atoms with Crippen LogP contribution in [-0.2, 0) is 7.05 Å². The van der Waals surface area contributed by atoms with Gasteiger partial charge in [-0.1, -0.05) is 62.4 Å². The summed E-state index contributed by atoms with van der Waals surface area (Å²) < 4.78 is 1.22. The summed E-state index contributed by atoms with van der Waals surface area (Å²) in [4.78, 5) is 26.7. The molecule has 0 bridgehead atoms. The molecule has 0 aliphatic rings. The van der Waals surface area contributed by atoms with Gasteiger partial charge in [0.2, 0.25) is 0 Å². The predicted molar refractivity (Wildman–Crippen MR) is 121 cm³/mol. The lowest BCUT2D eigenvalue weighted by molar-refractivity contribution is 0.0938. The van der Waals surface area contributed by atoms with Gasteiger partial charge >= 0.3 is 0 Å². The molecule has 0 unspecified atom stereocenters. The number of hydrogen-bond acceptors (Lipinski definition) is 4. The Balaban J connectivity index is 1.74. The number of fused-ring (bicyclic) bond motifs is 1. The van der Waals surface area contributed by atoms with Crippen LogP contribution in [0.5, 0.6) is 0 Å². The zero-order valence-electron chi connectivity index (χ0n) is 17.1. The summed E-state index contributed by atoms with van der Waals surface area (Å²) in [5, 5.41) is 10.4. The summed E-state index contributed by atoms with van der Waals surface area (Å²) in [5.41, 5.74) is 2.28. The number of nitrogens with one attached hydrogen (secondary N) is 1. The molecule has 6 heteroatoms. The van der Waals surface area contributed by atoms with E-state index in [4.69, 9.17) is 0 Å². The van der Waals surface area contributed by atoms with E-state index in [1.54, 1.807) is 36.6 Å². The van der Waals surface area contributed by atoms with E-state index in [0.717, 1.165) is 10.4 Å². The maximum absolute atomic E-state index is 13.3. The number of aromatic nitrogens is 2. The van der Waals surface area contributed by atoms with Crippen LogP contribution in [0.15, 0.2) is 70.8 Å². The highest BCUT2D eigenvalue weighted by Crippen LogP contribution is 2.28. The molecule has 4 aromatic rings. The second-order valence-electron chi connectivity index (χ2n) is 7.57. The predicted octanol–water partition coefficient (Wildman–Crippen LogP) is 4.64. The van der Waals surface area contributed by atoms with Crippen molar-refractivity contribution in [2.24, 2.45) is 7.05 Å². The van der Waals surface area contributed by atoms with Crippen LogP contribution in [0.1, 0.15) is 52.3 Å². The fraction of sp³-hybridized carbons (Fsp3) is 0.208. The third kappa shape index (κ3) is 3.78. The van der Waals surface area contributed by atoms with E-state index in [2.05, 4.69) is 48.5 Å². The van der Waals surface area contributed by atoms with Crippen molar-refractivity contribution in [1.82, 2.24) is 15.1 Å². The van der Waals surface area contributed by atoms with E-state index in [1.807, 2.05) is 23.6 Å². The van der Waals surface area contributed by atoms with Gasteiger partial charge in [0.25, 0.3) is 11.5 Å². The monoisotopic (exact) mass is 417 g/mol. The minimum atomic E-state index is -0.312. The molecule has 2 heterocycles. The minimum Gasteiger partial charge on any atom is -0.339 e. The molecule has 0 aliphatic heterocycles. The largest absolute Gasteiger partial charge is 0.339 e. The zero-order valence-corrected chi connectivity index (χ0v) is 17.9. The van der Waals surface area contributed by atoms with Gasteiger partial charge < -0.3 is 5.32 Å². The van der Waals surface area contributed by atoms with Crippen molar-refractivity contribution >= 4 is 28.0 Å². The molecule has 1 amide bonds. The lowest BCUT2D eigenvalue weighted by Crippen LogP contribution is -2.32. The Morgan fingerprint density at radius 3 is 2.27 bits per heavy atom. The van der Waals surface area contributed by atoms with Crippen LogP contribution in [0, 0.1) is 0 Å². The lowest BCUT2D eigenvalue weighted by atomic mass is 9.98. The van der Waals surface area contributed by atoms with Gasteiger partial charge in [-0.05, 0) is 34.6 Å². The third-order valence-corrected chi connectivity index (χ3v) is 6.15. The highest BCUT2D eigenvalue weighted by molar-refractivity contribution is 7.10. The summed E-state index contributed by atoms with van der Waals surface area (Å²) >= 11 is 1.59. The molecule has 4 rings (SSSR count). The molecule has 5 nitrogen and oxygen atoms in total. The van der Waals surface area contributed by atoms with Gasteiger partial charge in [0.1, 0.15) is 0 Å². The summed E-state index contributed by atoms with van der Waals surface area (Å²) in [5.74, 6) is 0.128. The Labute approximate surface area is 179 Å². The maximum Gasteiger partial charge on any atom is 0.274 e. The second kappa shape index (κ2) is 8.24. The highest BCUT2D eigenvalue weighted by Gasteiger charge is 2.22. The molecule has 0 fully saturated rings. The maximum atomic E-state index is 13.3. The molecule has 0 radical (unpaired) electrons. The molecule has 2 aromatic heterocycles. The average Bonchev–Trinajstić information content (AvgIpc) is 3.29. The summed E-state index contributed by atoms with van der Waals surface area (Å²) in [6.45, 7) is 4.31. The molecule has 152 valence electrons. The number of thiophene rings is 1. The zero-order chi connectivity index (χ0) is 21.3. The summed E-state index contributed by atoms with van der Waals surface area (Å²) in [6, 6.07) is 19.1. The molecule has 0 aliphatic carbocycles. The Hall–Kier alpha value is -3.25. The first-order valence-electron chi connectivity index (χ1n) is 9.86. The van der Waals surface area contributed by atoms with Gasteiger partial charge in [0, 0.05) is 17.3 Å². The molecule has 0 saturated heterocycles. The van der Waals surface area contributed by atoms with Crippen LogP contribution >= 0.6 is 11.3 Å². The van der Waals surface area contributed by atoms with Crippen molar-refractivity contribution in [1.29, 1.82) is 0 Å². The van der Waals surface area contributed by atoms with Gasteiger partial charge in [0.05, 0.1) is 11.4 Å². The van der Waals surface area contributed by atoms with E-state index in [-0.39, 0.29) is 23.2 Å². The number of aryl methyl sites for hydroxylation is 1. The first-order valence-corrected chi connectivity index (χ1v) is 10.7. The van der Waals surface area contributed by atoms with Gasteiger partial charge in [0.15, 0.2) is 5.69 Å². The Bertz CT molecular complexity index is 1240. The number of carbonyl (C=O) groups excluding carboxylic acids is 1. The fourth-order valence-corrected chi connectivity index (χ4v) is 4.32. The van der Waals surface area contributed by atoms with Crippen LogP contribution < -0.4 is 10.9 Å². The lowest BCUT2D eigenvalue weighted by Gasteiger charge is -2.19. The quantitative estimate of drug-likeness (QED) is 0.515. The van der Waals surface area contributed by atoms with Crippen LogP contribution in [0.4, 0.5) is 0 Å². The van der Waals surface area contributed by atoms with Crippen LogP contribution in [0.3, 0.4) is 0 Å². The molecular formula is C24H23N3O2S. The molecule has 2 aromatic carbocycles. The molecule has 0 spiro atoms. The fourth-order valence-electron chi connectivity index (χ4n) is 3.51. The van der Waals surface area contributed by atoms with Crippen molar-refractivity contribution < 1.29 is 4.79 Å². The summed E-state index contributed by atoms with van der Waals surface area (Å²) in [6.07, 6.45) is 0. The first-order chi connectivity index (χ1) is 14.5. The number of benzene rings is 2. The van der Waals surface area contributed by atoms with Crippen molar-refractivity contribution in [2.75, 3.05) is 0 Å². The highest BCUT2D eigenvalue weighted by atomic mass is 32.1. The van der Waals surface area contributed by atoms with Gasteiger partial charge in [-0.15, -0.1) is 11.3 Å². The molecule has 1 N–H and O–H groups in total. The third-order valence-electron chi connectivity index (χ3n) is 5.21. The van der Waals surface area contributed by atoms with Gasteiger partial charge in [-0.25, -0.2) is 4.68 Å². The van der Waals surface area contributed by atoms with E-state index in [1.165, 1.54) is 10.2 Å². The number of hydrogen-bond donors (Lipinski definition) is 1. The summed E-state index contributed by atoms with van der Waals surface area (Å²) in [7, 11) is 1.56. The van der Waals surface area contributed by atoms with E-state index >= 15 is 0 Å². The number of carbonyl (C=O) groups is 1. The van der Waals surface area contributed by atoms with E-state index in [0.29, 0.717) is 16.7 Å². The SMILES string of the molecule is CC(C)c1ccc([C@@H](NC(=O)c2nn(C)c(=O)c3ccccc23)c2cccs2)cc1. The molecule has 30 heavy (non-hydrogen) atoms.